The van der Waals surface area contributed by atoms with Crippen molar-refractivity contribution >= 4 is 27.1 Å². The van der Waals surface area contributed by atoms with Crippen molar-refractivity contribution in [1.82, 2.24) is 0 Å². The van der Waals surface area contributed by atoms with Crippen molar-refractivity contribution in [3.8, 4) is 11.5 Å². The lowest BCUT2D eigenvalue weighted by Gasteiger charge is -2.07. The Morgan fingerprint density at radius 1 is 1.11 bits per heavy atom. The Morgan fingerprint density at radius 2 is 1.95 bits per heavy atom. The second-order valence-electron chi connectivity index (χ2n) is 4.24. The number of para-hydroxylation sites is 2. The molecule has 0 aliphatic carbocycles. The molecule has 3 rings (SSSR count). The van der Waals surface area contributed by atoms with Crippen LogP contribution in [-0.2, 0) is 6.61 Å². The Bertz CT molecular complexity index is 721. The molecule has 0 spiro atoms. The van der Waals surface area contributed by atoms with Gasteiger partial charge in [0.1, 0.15) is 6.61 Å². The van der Waals surface area contributed by atoms with Crippen molar-refractivity contribution in [2.45, 2.75) is 6.61 Å². The van der Waals surface area contributed by atoms with Crippen LogP contribution in [0.3, 0.4) is 0 Å². The molecule has 0 amide bonds. The number of fused-ring (bicyclic) bond motifs is 1. The van der Waals surface area contributed by atoms with E-state index < -0.39 is 0 Å². The van der Waals surface area contributed by atoms with E-state index in [4.69, 9.17) is 10.5 Å². The summed E-state index contributed by atoms with van der Waals surface area (Å²) in [5.41, 5.74) is 7.80. The molecular weight excluding hydrogens is 258 g/mol. The van der Waals surface area contributed by atoms with Gasteiger partial charge < -0.3 is 15.6 Å². The zero-order valence-corrected chi connectivity index (χ0v) is 11.0. The van der Waals surface area contributed by atoms with Gasteiger partial charge in [-0.15, -0.1) is 11.3 Å². The fourth-order valence-corrected chi connectivity index (χ4v) is 3.00. The van der Waals surface area contributed by atoms with Gasteiger partial charge in [-0.3, -0.25) is 0 Å². The molecule has 0 bridgehead atoms. The van der Waals surface area contributed by atoms with Crippen molar-refractivity contribution in [1.29, 1.82) is 0 Å². The van der Waals surface area contributed by atoms with Crippen molar-refractivity contribution in [2.75, 3.05) is 5.73 Å². The summed E-state index contributed by atoms with van der Waals surface area (Å²) < 4.78 is 6.79. The van der Waals surface area contributed by atoms with Gasteiger partial charge in [0.05, 0.1) is 0 Å². The van der Waals surface area contributed by atoms with Gasteiger partial charge in [0.2, 0.25) is 0 Å². The lowest BCUT2D eigenvalue weighted by Crippen LogP contribution is -1.96. The number of phenolic OH excluding ortho intramolecular Hbond substituents is 1. The van der Waals surface area contributed by atoms with E-state index in [1.165, 1.54) is 0 Å². The molecule has 0 unspecified atom stereocenters. The second kappa shape index (κ2) is 4.82. The number of benzene rings is 2. The minimum atomic E-state index is 0.148. The van der Waals surface area contributed by atoms with Crippen molar-refractivity contribution in [3.05, 3.63) is 53.4 Å². The topological polar surface area (TPSA) is 55.5 Å². The van der Waals surface area contributed by atoms with Crippen LogP contribution in [0.1, 0.15) is 5.56 Å². The number of nitrogens with two attached hydrogens (primary N) is 1. The summed E-state index contributed by atoms with van der Waals surface area (Å²) in [6.45, 7) is 0.395. The Kier molecular flexibility index (Phi) is 3.01. The highest BCUT2D eigenvalue weighted by atomic mass is 32.1. The third kappa shape index (κ3) is 2.22. The van der Waals surface area contributed by atoms with Gasteiger partial charge in [-0.2, -0.15) is 0 Å². The predicted molar refractivity (Wildman–Crippen MR) is 78.7 cm³/mol. The molecule has 0 aliphatic rings. The smallest absolute Gasteiger partial charge is 0.161 e. The number of hydrogen-bond donors (Lipinski definition) is 2. The lowest BCUT2D eigenvalue weighted by molar-refractivity contribution is 0.290. The lowest BCUT2D eigenvalue weighted by atomic mass is 10.1. The summed E-state index contributed by atoms with van der Waals surface area (Å²) in [7, 11) is 0. The third-order valence-corrected chi connectivity index (χ3v) is 3.95. The van der Waals surface area contributed by atoms with Gasteiger partial charge in [-0.05, 0) is 29.6 Å². The van der Waals surface area contributed by atoms with E-state index in [0.717, 1.165) is 21.3 Å². The molecule has 0 fully saturated rings. The molecule has 96 valence electrons. The molecule has 0 aliphatic heterocycles. The summed E-state index contributed by atoms with van der Waals surface area (Å²) in [6.07, 6.45) is 0. The Hall–Kier alpha value is -2.20. The zero-order valence-electron chi connectivity index (χ0n) is 10.2. The van der Waals surface area contributed by atoms with E-state index in [1.54, 1.807) is 29.5 Å². The molecule has 0 saturated carbocycles. The van der Waals surface area contributed by atoms with Crippen LogP contribution in [0.5, 0.6) is 11.5 Å². The van der Waals surface area contributed by atoms with Gasteiger partial charge in [0.15, 0.2) is 11.5 Å². The minimum Gasteiger partial charge on any atom is -0.504 e. The number of phenols is 1. The molecule has 3 N–H and O–H groups in total. The third-order valence-electron chi connectivity index (χ3n) is 2.96. The fraction of sp³-hybridized carbons (Fsp3) is 0.0667. The molecular formula is C15H13NO2S. The number of aromatic hydroxyl groups is 1. The first-order valence-corrected chi connectivity index (χ1v) is 6.79. The standard InChI is InChI=1S/C15H13NO2S/c16-11-4-3-7-14-15(11)10(9-19-14)8-18-13-6-2-1-5-12(13)17/h1-7,9,17H,8,16H2. The number of hydrogen-bond acceptors (Lipinski definition) is 4. The van der Waals surface area contributed by atoms with Crippen LogP contribution in [-0.4, -0.2) is 5.11 Å². The van der Waals surface area contributed by atoms with E-state index >= 15 is 0 Å². The average Bonchev–Trinajstić information content (AvgIpc) is 2.83. The van der Waals surface area contributed by atoms with Crippen molar-refractivity contribution in [2.24, 2.45) is 0 Å². The highest BCUT2D eigenvalue weighted by Crippen LogP contribution is 2.32. The maximum atomic E-state index is 9.66. The predicted octanol–water partition coefficient (Wildman–Crippen LogP) is 3.77. The molecule has 0 radical (unpaired) electrons. The Morgan fingerprint density at radius 3 is 2.79 bits per heavy atom. The molecule has 1 aromatic heterocycles. The summed E-state index contributed by atoms with van der Waals surface area (Å²) in [4.78, 5) is 0. The molecule has 3 aromatic rings. The van der Waals surface area contributed by atoms with Crippen LogP contribution >= 0.6 is 11.3 Å². The van der Waals surface area contributed by atoms with Crippen LogP contribution in [0.2, 0.25) is 0 Å². The number of rotatable bonds is 3. The SMILES string of the molecule is Nc1cccc2scc(COc3ccccc3O)c12. The fourth-order valence-electron chi connectivity index (χ4n) is 2.02. The Balaban J connectivity index is 1.89. The van der Waals surface area contributed by atoms with Gasteiger partial charge in [-0.25, -0.2) is 0 Å². The highest BCUT2D eigenvalue weighted by molar-refractivity contribution is 7.17. The van der Waals surface area contributed by atoms with Crippen molar-refractivity contribution in [3.63, 3.8) is 0 Å². The number of nitrogen functional groups attached to an aromatic ring is 1. The normalized spacial score (nSPS) is 10.7. The van der Waals surface area contributed by atoms with Crippen molar-refractivity contribution < 1.29 is 9.84 Å². The summed E-state index contributed by atoms with van der Waals surface area (Å²) in [5, 5.41) is 12.7. The molecule has 0 saturated heterocycles. The number of ether oxygens (including phenoxy) is 1. The molecule has 0 atom stereocenters. The number of anilines is 1. The quantitative estimate of drug-likeness (QED) is 0.713. The average molecular weight is 271 g/mol. The largest absolute Gasteiger partial charge is 0.504 e. The van der Waals surface area contributed by atoms with E-state index in [-0.39, 0.29) is 5.75 Å². The van der Waals surface area contributed by atoms with Gasteiger partial charge in [-0.1, -0.05) is 18.2 Å². The van der Waals surface area contributed by atoms with Crippen LogP contribution in [0.25, 0.3) is 10.1 Å². The minimum absolute atomic E-state index is 0.148. The van der Waals surface area contributed by atoms with Gasteiger partial charge in [0, 0.05) is 21.3 Å². The maximum absolute atomic E-state index is 9.66. The first-order valence-electron chi connectivity index (χ1n) is 5.91. The molecule has 19 heavy (non-hydrogen) atoms. The first kappa shape index (κ1) is 11.9. The first-order chi connectivity index (χ1) is 9.25. The molecule has 1 heterocycles. The zero-order chi connectivity index (χ0) is 13.2. The van der Waals surface area contributed by atoms with Crippen LogP contribution in [0, 0.1) is 0 Å². The van der Waals surface area contributed by atoms with E-state index in [9.17, 15) is 5.11 Å². The van der Waals surface area contributed by atoms with Crippen LogP contribution < -0.4 is 10.5 Å². The van der Waals surface area contributed by atoms with E-state index in [1.807, 2.05) is 29.6 Å². The Labute approximate surface area is 114 Å². The summed E-state index contributed by atoms with van der Waals surface area (Å²) >= 11 is 1.64. The molecule has 4 heteroatoms. The van der Waals surface area contributed by atoms with Crippen LogP contribution in [0.15, 0.2) is 47.8 Å². The highest BCUT2D eigenvalue weighted by Gasteiger charge is 2.08. The van der Waals surface area contributed by atoms with E-state index in [0.29, 0.717) is 12.4 Å². The van der Waals surface area contributed by atoms with Crippen LogP contribution in [0.4, 0.5) is 5.69 Å². The van der Waals surface area contributed by atoms with Gasteiger partial charge >= 0.3 is 0 Å². The summed E-state index contributed by atoms with van der Waals surface area (Å²) in [6, 6.07) is 12.8. The molecule has 3 nitrogen and oxygen atoms in total. The second-order valence-corrected chi connectivity index (χ2v) is 5.15. The van der Waals surface area contributed by atoms with Gasteiger partial charge in [0.25, 0.3) is 0 Å². The number of thiophene rings is 1. The molecule has 2 aromatic carbocycles. The van der Waals surface area contributed by atoms with E-state index in [2.05, 4.69) is 0 Å². The summed E-state index contributed by atoms with van der Waals surface area (Å²) in [5.74, 6) is 0.631. The monoisotopic (exact) mass is 271 g/mol. The maximum Gasteiger partial charge on any atom is 0.161 e.